The highest BCUT2D eigenvalue weighted by molar-refractivity contribution is 5.94. The molecule has 2 aromatic carbocycles. The number of benzene rings is 2. The number of non-ortho nitro benzene ring substituents is 1. The molecule has 2 rings (SSSR count). The van der Waals surface area contributed by atoms with Gasteiger partial charge in [-0.25, -0.2) is 0 Å². The van der Waals surface area contributed by atoms with Crippen LogP contribution in [0.2, 0.25) is 0 Å². The summed E-state index contributed by atoms with van der Waals surface area (Å²) in [6.07, 6.45) is 1.49. The smallest absolute Gasteiger partial charge is 0.270 e. The number of nitro benzene ring substituents is 1. The molecular weight excluding hydrogens is 324 g/mol. The fraction of sp³-hybridized carbons (Fsp3) is 0.278. The van der Waals surface area contributed by atoms with Crippen LogP contribution >= 0.6 is 0 Å². The standard InChI is InChI=1S/C18H20N2O5/c1-24-16-9-8-13(11-17(16)25-2)5-4-10-19-18(21)14-6-3-7-15(12-14)20(22)23/h3,6-9,11-12H,4-5,10H2,1-2H3,(H,19,21). The Morgan fingerprint density at radius 2 is 1.88 bits per heavy atom. The monoisotopic (exact) mass is 344 g/mol. The minimum Gasteiger partial charge on any atom is -0.493 e. The maximum Gasteiger partial charge on any atom is 0.270 e. The van der Waals surface area contributed by atoms with Gasteiger partial charge in [0.1, 0.15) is 0 Å². The number of rotatable bonds is 8. The predicted octanol–water partition coefficient (Wildman–Crippen LogP) is 2.97. The first-order valence-corrected chi connectivity index (χ1v) is 7.78. The highest BCUT2D eigenvalue weighted by Crippen LogP contribution is 2.27. The van der Waals surface area contributed by atoms with Crippen LogP contribution in [0.5, 0.6) is 11.5 Å². The van der Waals surface area contributed by atoms with Crippen molar-refractivity contribution in [2.75, 3.05) is 20.8 Å². The lowest BCUT2D eigenvalue weighted by atomic mass is 10.1. The van der Waals surface area contributed by atoms with Gasteiger partial charge in [0.25, 0.3) is 11.6 Å². The highest BCUT2D eigenvalue weighted by Gasteiger charge is 2.11. The van der Waals surface area contributed by atoms with E-state index in [1.165, 1.54) is 18.2 Å². The van der Waals surface area contributed by atoms with Crippen LogP contribution < -0.4 is 14.8 Å². The molecule has 0 spiro atoms. The Morgan fingerprint density at radius 1 is 1.12 bits per heavy atom. The number of hydrogen-bond donors (Lipinski definition) is 1. The van der Waals surface area contributed by atoms with Crippen LogP contribution in [0.3, 0.4) is 0 Å². The van der Waals surface area contributed by atoms with Gasteiger partial charge in [-0.05, 0) is 36.6 Å². The highest BCUT2D eigenvalue weighted by atomic mass is 16.6. The van der Waals surface area contributed by atoms with Crippen molar-refractivity contribution in [1.82, 2.24) is 5.32 Å². The molecule has 0 radical (unpaired) electrons. The molecule has 0 aliphatic rings. The minimum atomic E-state index is -0.520. The van der Waals surface area contributed by atoms with E-state index in [-0.39, 0.29) is 17.2 Å². The van der Waals surface area contributed by atoms with Crippen molar-refractivity contribution in [3.63, 3.8) is 0 Å². The molecule has 0 heterocycles. The summed E-state index contributed by atoms with van der Waals surface area (Å²) in [5.41, 5.74) is 1.25. The molecule has 0 saturated heterocycles. The Balaban J connectivity index is 1.86. The number of ether oxygens (including phenoxy) is 2. The van der Waals surface area contributed by atoms with E-state index in [1.807, 2.05) is 18.2 Å². The van der Waals surface area contributed by atoms with Crippen molar-refractivity contribution in [1.29, 1.82) is 0 Å². The van der Waals surface area contributed by atoms with E-state index in [9.17, 15) is 14.9 Å². The van der Waals surface area contributed by atoms with Crippen LogP contribution in [0.25, 0.3) is 0 Å². The van der Waals surface area contributed by atoms with Crippen molar-refractivity contribution in [3.8, 4) is 11.5 Å². The lowest BCUT2D eigenvalue weighted by Crippen LogP contribution is -2.24. The number of hydrogen-bond acceptors (Lipinski definition) is 5. The van der Waals surface area contributed by atoms with Crippen LogP contribution in [-0.2, 0) is 6.42 Å². The van der Waals surface area contributed by atoms with Crippen LogP contribution in [-0.4, -0.2) is 31.6 Å². The molecule has 25 heavy (non-hydrogen) atoms. The SMILES string of the molecule is COc1ccc(CCCNC(=O)c2cccc([N+](=O)[O-])c2)cc1OC. The second-order valence-electron chi connectivity index (χ2n) is 5.36. The van der Waals surface area contributed by atoms with Crippen molar-refractivity contribution in [2.45, 2.75) is 12.8 Å². The summed E-state index contributed by atoms with van der Waals surface area (Å²) in [4.78, 5) is 22.3. The average molecular weight is 344 g/mol. The van der Waals surface area contributed by atoms with E-state index in [0.717, 1.165) is 18.4 Å². The number of methoxy groups -OCH3 is 2. The second-order valence-corrected chi connectivity index (χ2v) is 5.36. The van der Waals surface area contributed by atoms with Crippen LogP contribution in [0.4, 0.5) is 5.69 Å². The zero-order valence-corrected chi connectivity index (χ0v) is 14.2. The molecule has 7 heteroatoms. The maximum atomic E-state index is 12.0. The van der Waals surface area contributed by atoms with Gasteiger partial charge in [-0.3, -0.25) is 14.9 Å². The molecule has 0 fully saturated rings. The van der Waals surface area contributed by atoms with Gasteiger partial charge in [0.15, 0.2) is 11.5 Å². The largest absolute Gasteiger partial charge is 0.493 e. The molecule has 0 unspecified atom stereocenters. The number of nitrogens with one attached hydrogen (secondary N) is 1. The predicted molar refractivity (Wildman–Crippen MR) is 93.3 cm³/mol. The van der Waals surface area contributed by atoms with E-state index in [1.54, 1.807) is 20.3 Å². The molecule has 0 saturated carbocycles. The molecule has 0 atom stereocenters. The summed E-state index contributed by atoms with van der Waals surface area (Å²) in [7, 11) is 3.17. The summed E-state index contributed by atoms with van der Waals surface area (Å²) in [6.45, 7) is 0.468. The van der Waals surface area contributed by atoms with E-state index < -0.39 is 4.92 Å². The van der Waals surface area contributed by atoms with Crippen molar-refractivity contribution in [3.05, 3.63) is 63.7 Å². The van der Waals surface area contributed by atoms with Crippen molar-refractivity contribution in [2.24, 2.45) is 0 Å². The first-order valence-electron chi connectivity index (χ1n) is 7.78. The lowest BCUT2D eigenvalue weighted by molar-refractivity contribution is -0.384. The molecular formula is C18H20N2O5. The summed E-state index contributed by atoms with van der Waals surface area (Å²) in [5, 5.41) is 13.5. The van der Waals surface area contributed by atoms with Gasteiger partial charge >= 0.3 is 0 Å². The fourth-order valence-electron chi connectivity index (χ4n) is 2.39. The van der Waals surface area contributed by atoms with Gasteiger partial charge in [-0.1, -0.05) is 12.1 Å². The van der Waals surface area contributed by atoms with Gasteiger partial charge in [0.2, 0.25) is 0 Å². The van der Waals surface area contributed by atoms with Crippen molar-refractivity contribution >= 4 is 11.6 Å². The number of aryl methyl sites for hydroxylation is 1. The third-order valence-corrected chi connectivity index (χ3v) is 3.69. The number of nitro groups is 1. The van der Waals surface area contributed by atoms with Gasteiger partial charge < -0.3 is 14.8 Å². The molecule has 1 N–H and O–H groups in total. The van der Waals surface area contributed by atoms with Crippen molar-refractivity contribution < 1.29 is 19.2 Å². The number of carbonyl (C=O) groups is 1. The van der Waals surface area contributed by atoms with Crippen LogP contribution in [0.1, 0.15) is 22.3 Å². The van der Waals surface area contributed by atoms with Gasteiger partial charge in [0.05, 0.1) is 19.1 Å². The third-order valence-electron chi connectivity index (χ3n) is 3.69. The maximum absolute atomic E-state index is 12.0. The number of amides is 1. The van der Waals surface area contributed by atoms with Crippen LogP contribution in [0, 0.1) is 10.1 Å². The Bertz CT molecular complexity index is 761. The molecule has 0 aliphatic carbocycles. The zero-order chi connectivity index (χ0) is 18.2. The topological polar surface area (TPSA) is 90.7 Å². The first kappa shape index (κ1) is 18.3. The molecule has 2 aromatic rings. The Hall–Kier alpha value is -3.09. The molecule has 132 valence electrons. The number of carbonyl (C=O) groups excluding carboxylic acids is 1. The summed E-state index contributed by atoms with van der Waals surface area (Å²) in [5.74, 6) is 1.02. The van der Waals surface area contributed by atoms with Gasteiger partial charge in [-0.2, -0.15) is 0 Å². The summed E-state index contributed by atoms with van der Waals surface area (Å²) < 4.78 is 10.5. The van der Waals surface area contributed by atoms with Gasteiger partial charge in [0, 0.05) is 24.2 Å². The van der Waals surface area contributed by atoms with Gasteiger partial charge in [-0.15, -0.1) is 0 Å². The quantitative estimate of drug-likeness (QED) is 0.452. The Labute approximate surface area is 145 Å². The molecule has 0 aromatic heterocycles. The molecule has 1 amide bonds. The summed E-state index contributed by atoms with van der Waals surface area (Å²) >= 11 is 0. The van der Waals surface area contributed by atoms with E-state index in [2.05, 4.69) is 5.32 Å². The van der Waals surface area contributed by atoms with E-state index in [0.29, 0.717) is 18.0 Å². The molecule has 0 aliphatic heterocycles. The Morgan fingerprint density at radius 3 is 2.56 bits per heavy atom. The zero-order valence-electron chi connectivity index (χ0n) is 14.2. The van der Waals surface area contributed by atoms with E-state index in [4.69, 9.17) is 9.47 Å². The van der Waals surface area contributed by atoms with E-state index >= 15 is 0 Å². The first-order chi connectivity index (χ1) is 12.0. The summed E-state index contributed by atoms with van der Waals surface area (Å²) in [6, 6.07) is 11.4. The minimum absolute atomic E-state index is 0.0991. The number of nitrogens with zero attached hydrogens (tertiary/aromatic N) is 1. The average Bonchev–Trinajstić information content (AvgIpc) is 2.64. The normalized spacial score (nSPS) is 10.2. The Kier molecular flexibility index (Phi) is 6.33. The third kappa shape index (κ3) is 4.94. The van der Waals surface area contributed by atoms with Crippen LogP contribution in [0.15, 0.2) is 42.5 Å². The second kappa shape index (κ2) is 8.68. The molecule has 7 nitrogen and oxygen atoms in total. The lowest BCUT2D eigenvalue weighted by Gasteiger charge is -2.10. The fourth-order valence-corrected chi connectivity index (χ4v) is 2.39. The molecule has 0 bridgehead atoms.